The third kappa shape index (κ3) is 2.09. The Kier molecular flexibility index (Phi) is 3.46. The van der Waals surface area contributed by atoms with Crippen molar-refractivity contribution >= 4 is 22.3 Å². The molecule has 2 unspecified atom stereocenters. The average Bonchev–Trinajstić information content (AvgIpc) is 2.91. The van der Waals surface area contributed by atoms with Crippen LogP contribution in [0.3, 0.4) is 0 Å². The summed E-state index contributed by atoms with van der Waals surface area (Å²) in [6.45, 7) is 1.57. The van der Waals surface area contributed by atoms with Gasteiger partial charge in [0, 0.05) is 38.9 Å². The monoisotopic (exact) mass is 273 g/mol. The Morgan fingerprint density at radius 2 is 1.85 bits per heavy atom. The molecule has 1 aromatic carbocycles. The smallest absolute Gasteiger partial charge is 0.102 e. The number of methoxy groups -OCH3 is 2. The van der Waals surface area contributed by atoms with Gasteiger partial charge in [-0.05, 0) is 24.3 Å². The molecule has 1 fully saturated rings. The number of anilines is 2. The van der Waals surface area contributed by atoms with Crippen LogP contribution in [0.2, 0.25) is 0 Å². The number of rotatable bonds is 3. The van der Waals surface area contributed by atoms with Crippen molar-refractivity contribution in [3.8, 4) is 0 Å². The summed E-state index contributed by atoms with van der Waals surface area (Å²) in [6, 6.07) is 7.93. The van der Waals surface area contributed by atoms with E-state index < -0.39 is 0 Å². The Balaban J connectivity index is 1.97. The zero-order valence-electron chi connectivity index (χ0n) is 11.7. The maximum atomic E-state index is 6.31. The second-order valence-corrected chi connectivity index (χ2v) is 5.02. The SMILES string of the molecule is COC1CN(c2ccc3ncccc3c2N)CC1OC. The molecule has 2 atom stereocenters. The molecule has 5 heteroatoms. The lowest BCUT2D eigenvalue weighted by molar-refractivity contribution is -0.00461. The van der Waals surface area contributed by atoms with Gasteiger partial charge < -0.3 is 20.1 Å². The number of hydrogen-bond donors (Lipinski definition) is 1. The van der Waals surface area contributed by atoms with Crippen LogP contribution in [0.15, 0.2) is 30.5 Å². The fraction of sp³-hybridized carbons (Fsp3) is 0.400. The van der Waals surface area contributed by atoms with Crippen molar-refractivity contribution in [2.24, 2.45) is 0 Å². The van der Waals surface area contributed by atoms with Crippen molar-refractivity contribution in [2.45, 2.75) is 12.2 Å². The van der Waals surface area contributed by atoms with Crippen molar-refractivity contribution in [3.05, 3.63) is 30.5 Å². The Morgan fingerprint density at radius 3 is 2.50 bits per heavy atom. The molecule has 2 aromatic rings. The Bertz CT molecular complexity index is 605. The van der Waals surface area contributed by atoms with Crippen LogP contribution in [0, 0.1) is 0 Å². The number of ether oxygens (including phenoxy) is 2. The highest BCUT2D eigenvalue weighted by Crippen LogP contribution is 2.33. The lowest BCUT2D eigenvalue weighted by Crippen LogP contribution is -2.27. The summed E-state index contributed by atoms with van der Waals surface area (Å²) in [5.41, 5.74) is 9.01. The number of nitrogens with zero attached hydrogens (tertiary/aromatic N) is 2. The number of pyridine rings is 1. The molecule has 1 aromatic heterocycles. The van der Waals surface area contributed by atoms with Gasteiger partial charge in [0.15, 0.2) is 0 Å². The first-order valence-corrected chi connectivity index (χ1v) is 6.68. The lowest BCUT2D eigenvalue weighted by atomic mass is 10.1. The molecule has 2 heterocycles. The van der Waals surface area contributed by atoms with Crippen molar-refractivity contribution in [1.82, 2.24) is 4.98 Å². The Labute approximate surface area is 118 Å². The van der Waals surface area contributed by atoms with Crippen LogP contribution in [-0.2, 0) is 9.47 Å². The highest BCUT2D eigenvalue weighted by atomic mass is 16.5. The molecule has 0 aliphatic carbocycles. The summed E-state index contributed by atoms with van der Waals surface area (Å²) >= 11 is 0. The zero-order valence-corrected chi connectivity index (χ0v) is 11.7. The highest BCUT2D eigenvalue weighted by molar-refractivity contribution is 5.97. The first kappa shape index (κ1) is 13.1. The molecule has 1 aliphatic rings. The van der Waals surface area contributed by atoms with E-state index in [-0.39, 0.29) is 12.2 Å². The summed E-state index contributed by atoms with van der Waals surface area (Å²) in [4.78, 5) is 6.54. The summed E-state index contributed by atoms with van der Waals surface area (Å²) in [7, 11) is 3.43. The largest absolute Gasteiger partial charge is 0.396 e. The minimum Gasteiger partial charge on any atom is -0.396 e. The molecule has 1 saturated heterocycles. The van der Waals surface area contributed by atoms with Gasteiger partial charge in [-0.25, -0.2) is 0 Å². The molecule has 2 N–H and O–H groups in total. The summed E-state index contributed by atoms with van der Waals surface area (Å²) in [5, 5.41) is 0.986. The second kappa shape index (κ2) is 5.26. The second-order valence-electron chi connectivity index (χ2n) is 5.02. The van der Waals surface area contributed by atoms with Crippen molar-refractivity contribution in [2.75, 3.05) is 37.9 Å². The first-order valence-electron chi connectivity index (χ1n) is 6.68. The van der Waals surface area contributed by atoms with Gasteiger partial charge in [0.25, 0.3) is 0 Å². The molecule has 20 heavy (non-hydrogen) atoms. The van der Waals surface area contributed by atoms with Crippen LogP contribution < -0.4 is 10.6 Å². The van der Waals surface area contributed by atoms with E-state index >= 15 is 0 Å². The minimum atomic E-state index is 0.0731. The molecule has 3 rings (SSSR count). The topological polar surface area (TPSA) is 60.6 Å². The van der Waals surface area contributed by atoms with E-state index in [9.17, 15) is 0 Å². The summed E-state index contributed by atoms with van der Waals surface area (Å²) in [5.74, 6) is 0. The molecule has 106 valence electrons. The summed E-state index contributed by atoms with van der Waals surface area (Å²) < 4.78 is 10.9. The van der Waals surface area contributed by atoms with Crippen molar-refractivity contribution in [3.63, 3.8) is 0 Å². The van der Waals surface area contributed by atoms with Gasteiger partial charge >= 0.3 is 0 Å². The van der Waals surface area contributed by atoms with Gasteiger partial charge in [-0.15, -0.1) is 0 Å². The number of benzene rings is 1. The van der Waals surface area contributed by atoms with E-state index in [1.165, 1.54) is 0 Å². The van der Waals surface area contributed by atoms with Crippen LogP contribution in [0.5, 0.6) is 0 Å². The number of nitrogen functional groups attached to an aromatic ring is 1. The van der Waals surface area contributed by atoms with Crippen LogP contribution in [-0.4, -0.2) is 44.5 Å². The van der Waals surface area contributed by atoms with E-state index in [1.807, 2.05) is 24.3 Å². The third-order valence-electron chi connectivity index (χ3n) is 3.97. The molecule has 1 aliphatic heterocycles. The van der Waals surface area contributed by atoms with Gasteiger partial charge in [0.1, 0.15) is 12.2 Å². The average molecular weight is 273 g/mol. The molecule has 0 saturated carbocycles. The lowest BCUT2D eigenvalue weighted by Gasteiger charge is -2.21. The fourth-order valence-corrected chi connectivity index (χ4v) is 2.83. The van der Waals surface area contributed by atoms with E-state index in [4.69, 9.17) is 15.2 Å². The molecular weight excluding hydrogens is 254 g/mol. The Hall–Kier alpha value is -1.85. The Morgan fingerprint density at radius 1 is 1.15 bits per heavy atom. The number of nitrogens with two attached hydrogens (primary N) is 1. The van der Waals surface area contributed by atoms with Gasteiger partial charge in [-0.2, -0.15) is 0 Å². The van der Waals surface area contributed by atoms with E-state index in [1.54, 1.807) is 20.4 Å². The van der Waals surface area contributed by atoms with E-state index in [2.05, 4.69) is 9.88 Å². The standard InChI is InChI=1S/C15H19N3O2/c1-19-13-8-18(9-14(13)20-2)12-6-5-11-10(15(12)16)4-3-7-17-11/h3-7,13-14H,8-9,16H2,1-2H3. The van der Waals surface area contributed by atoms with Crippen molar-refractivity contribution in [1.29, 1.82) is 0 Å². The summed E-state index contributed by atoms with van der Waals surface area (Å²) in [6.07, 6.45) is 1.92. The van der Waals surface area contributed by atoms with Gasteiger partial charge in [-0.1, -0.05) is 0 Å². The van der Waals surface area contributed by atoms with Gasteiger partial charge in [0.2, 0.25) is 0 Å². The number of fused-ring (bicyclic) bond motifs is 1. The van der Waals surface area contributed by atoms with Gasteiger partial charge in [-0.3, -0.25) is 4.98 Å². The molecule has 0 bridgehead atoms. The predicted molar refractivity (Wildman–Crippen MR) is 80.0 cm³/mol. The quantitative estimate of drug-likeness (QED) is 0.862. The van der Waals surface area contributed by atoms with Crippen molar-refractivity contribution < 1.29 is 9.47 Å². The fourth-order valence-electron chi connectivity index (χ4n) is 2.83. The normalized spacial score (nSPS) is 22.6. The molecule has 5 nitrogen and oxygen atoms in total. The molecular formula is C15H19N3O2. The number of aromatic nitrogens is 1. The predicted octanol–water partition coefficient (Wildman–Crippen LogP) is 1.67. The van der Waals surface area contributed by atoms with Crippen LogP contribution in [0.4, 0.5) is 11.4 Å². The molecule has 0 spiro atoms. The van der Waals surface area contributed by atoms with Crippen LogP contribution in [0.1, 0.15) is 0 Å². The number of hydrogen-bond acceptors (Lipinski definition) is 5. The van der Waals surface area contributed by atoms with E-state index in [0.717, 1.165) is 35.4 Å². The molecule has 0 amide bonds. The highest BCUT2D eigenvalue weighted by Gasteiger charge is 2.33. The zero-order chi connectivity index (χ0) is 14.1. The van der Waals surface area contributed by atoms with Gasteiger partial charge in [0.05, 0.1) is 16.9 Å². The third-order valence-corrected chi connectivity index (χ3v) is 3.97. The minimum absolute atomic E-state index is 0.0731. The first-order chi connectivity index (χ1) is 9.74. The maximum Gasteiger partial charge on any atom is 0.102 e. The van der Waals surface area contributed by atoms with Crippen LogP contribution >= 0.6 is 0 Å². The van der Waals surface area contributed by atoms with Crippen LogP contribution in [0.25, 0.3) is 10.9 Å². The maximum absolute atomic E-state index is 6.31. The van der Waals surface area contributed by atoms with E-state index in [0.29, 0.717) is 0 Å². The molecule has 0 radical (unpaired) electrons.